The van der Waals surface area contributed by atoms with E-state index in [9.17, 15) is 4.79 Å². The predicted molar refractivity (Wildman–Crippen MR) is 113 cm³/mol. The summed E-state index contributed by atoms with van der Waals surface area (Å²) in [6.07, 6.45) is 3.53. The van der Waals surface area contributed by atoms with Gasteiger partial charge in [-0.05, 0) is 50.6 Å². The second-order valence-corrected chi connectivity index (χ2v) is 7.62. The fraction of sp³-hybridized carbons (Fsp3) is 0.391. The molecule has 156 valence electrons. The highest BCUT2D eigenvalue weighted by molar-refractivity contribution is 5.78. The summed E-state index contributed by atoms with van der Waals surface area (Å²) >= 11 is 0. The number of hydrogen-bond acceptors (Lipinski definition) is 6. The lowest BCUT2D eigenvalue weighted by molar-refractivity contribution is -0.133. The smallest absolute Gasteiger partial charge is 0.237 e. The molecule has 0 radical (unpaired) electrons. The minimum absolute atomic E-state index is 0.176. The molecule has 4 rings (SSSR count). The summed E-state index contributed by atoms with van der Waals surface area (Å²) in [5.74, 6) is 1.60. The third kappa shape index (κ3) is 4.91. The van der Waals surface area contributed by atoms with Gasteiger partial charge < -0.3 is 9.42 Å². The molecule has 0 aliphatic carbocycles. The number of likely N-dealkylation sites (N-methyl/N-ethyl adjacent to an activating group) is 1. The molecule has 2 aromatic heterocycles. The highest BCUT2D eigenvalue weighted by atomic mass is 16.5. The van der Waals surface area contributed by atoms with Crippen LogP contribution in [0.4, 0.5) is 0 Å². The molecule has 1 aliphatic heterocycles. The summed E-state index contributed by atoms with van der Waals surface area (Å²) in [7, 11) is 0. The van der Waals surface area contributed by atoms with E-state index in [1.165, 1.54) is 0 Å². The highest BCUT2D eigenvalue weighted by Gasteiger charge is 2.27. The largest absolute Gasteiger partial charge is 0.339 e. The Morgan fingerprint density at radius 2 is 1.90 bits per heavy atom. The van der Waals surface area contributed by atoms with E-state index in [-0.39, 0.29) is 11.8 Å². The van der Waals surface area contributed by atoms with Crippen LogP contribution in [0.2, 0.25) is 0 Å². The van der Waals surface area contributed by atoms with Gasteiger partial charge in [0.2, 0.25) is 17.6 Å². The molecule has 7 heteroatoms. The highest BCUT2D eigenvalue weighted by Crippen LogP contribution is 2.28. The summed E-state index contributed by atoms with van der Waals surface area (Å²) in [5, 5.41) is 4.08. The number of carbonyl (C=O) groups is 1. The van der Waals surface area contributed by atoms with Gasteiger partial charge in [0.25, 0.3) is 0 Å². The summed E-state index contributed by atoms with van der Waals surface area (Å²) in [6.45, 7) is 5.55. The Hall–Kier alpha value is -3.06. The Morgan fingerprint density at radius 3 is 2.60 bits per heavy atom. The maximum atomic E-state index is 12.8. The maximum absolute atomic E-state index is 12.8. The first-order valence-corrected chi connectivity index (χ1v) is 10.5. The lowest BCUT2D eigenvalue weighted by atomic mass is 9.97. The van der Waals surface area contributed by atoms with Crippen molar-refractivity contribution in [2.75, 3.05) is 26.2 Å². The van der Waals surface area contributed by atoms with E-state index in [0.717, 1.165) is 31.5 Å². The number of piperidine rings is 1. The molecule has 0 bridgehead atoms. The zero-order valence-electron chi connectivity index (χ0n) is 17.3. The molecular formula is C23H27N5O2. The molecule has 0 saturated carbocycles. The van der Waals surface area contributed by atoms with Crippen molar-refractivity contribution in [1.82, 2.24) is 24.9 Å². The van der Waals surface area contributed by atoms with E-state index in [4.69, 9.17) is 4.52 Å². The number of aromatic nitrogens is 3. The molecule has 3 heterocycles. The van der Waals surface area contributed by atoms with E-state index in [1.807, 2.05) is 48.2 Å². The second kappa shape index (κ2) is 9.63. The SMILES string of the molecule is CCN(Cc1ccccc1)C(=O)CN1CCC(c2nc(-c3ccccn3)no2)CC1. The van der Waals surface area contributed by atoms with Crippen molar-refractivity contribution in [3.05, 3.63) is 66.2 Å². The van der Waals surface area contributed by atoms with E-state index in [1.54, 1.807) is 6.20 Å². The van der Waals surface area contributed by atoms with Crippen LogP contribution in [0.3, 0.4) is 0 Å². The van der Waals surface area contributed by atoms with E-state index in [0.29, 0.717) is 37.0 Å². The minimum Gasteiger partial charge on any atom is -0.339 e. The zero-order chi connectivity index (χ0) is 20.8. The molecule has 3 aromatic rings. The summed E-state index contributed by atoms with van der Waals surface area (Å²) in [6, 6.07) is 15.8. The fourth-order valence-corrected chi connectivity index (χ4v) is 3.81. The van der Waals surface area contributed by atoms with Crippen molar-refractivity contribution in [3.63, 3.8) is 0 Å². The van der Waals surface area contributed by atoms with E-state index < -0.39 is 0 Å². The number of amides is 1. The number of carbonyl (C=O) groups excluding carboxylic acids is 1. The van der Waals surface area contributed by atoms with Gasteiger partial charge in [-0.15, -0.1) is 0 Å². The van der Waals surface area contributed by atoms with Crippen LogP contribution < -0.4 is 0 Å². The molecule has 0 spiro atoms. The number of nitrogens with zero attached hydrogens (tertiary/aromatic N) is 5. The van der Waals surface area contributed by atoms with Crippen molar-refractivity contribution < 1.29 is 9.32 Å². The zero-order valence-corrected chi connectivity index (χ0v) is 17.3. The third-order valence-corrected chi connectivity index (χ3v) is 5.58. The van der Waals surface area contributed by atoms with Crippen LogP contribution in [-0.4, -0.2) is 57.0 Å². The molecule has 1 aliphatic rings. The molecule has 1 amide bonds. The summed E-state index contributed by atoms with van der Waals surface area (Å²) in [5.41, 5.74) is 1.88. The van der Waals surface area contributed by atoms with Crippen LogP contribution in [0.25, 0.3) is 11.5 Å². The van der Waals surface area contributed by atoms with Crippen molar-refractivity contribution >= 4 is 5.91 Å². The van der Waals surface area contributed by atoms with Crippen molar-refractivity contribution in [2.45, 2.75) is 32.2 Å². The Labute approximate surface area is 176 Å². The Morgan fingerprint density at radius 1 is 1.13 bits per heavy atom. The van der Waals surface area contributed by atoms with Crippen LogP contribution in [0, 0.1) is 0 Å². The van der Waals surface area contributed by atoms with Gasteiger partial charge in [0, 0.05) is 25.2 Å². The first-order valence-electron chi connectivity index (χ1n) is 10.5. The van der Waals surface area contributed by atoms with Crippen LogP contribution >= 0.6 is 0 Å². The Bertz CT molecular complexity index is 936. The molecule has 0 atom stereocenters. The maximum Gasteiger partial charge on any atom is 0.237 e. The minimum atomic E-state index is 0.176. The Kier molecular flexibility index (Phi) is 6.49. The van der Waals surface area contributed by atoms with Gasteiger partial charge in [0.15, 0.2) is 0 Å². The summed E-state index contributed by atoms with van der Waals surface area (Å²) < 4.78 is 5.50. The lowest BCUT2D eigenvalue weighted by Crippen LogP contribution is -2.43. The molecule has 1 saturated heterocycles. The van der Waals surface area contributed by atoms with Gasteiger partial charge >= 0.3 is 0 Å². The molecule has 0 N–H and O–H groups in total. The number of likely N-dealkylation sites (tertiary alicyclic amines) is 1. The Balaban J connectivity index is 1.29. The third-order valence-electron chi connectivity index (χ3n) is 5.58. The molecule has 7 nitrogen and oxygen atoms in total. The van der Waals surface area contributed by atoms with Crippen LogP contribution in [0.1, 0.15) is 37.1 Å². The van der Waals surface area contributed by atoms with Gasteiger partial charge in [-0.1, -0.05) is 41.6 Å². The van der Waals surface area contributed by atoms with Gasteiger partial charge in [0.1, 0.15) is 5.69 Å². The van der Waals surface area contributed by atoms with Crippen LogP contribution in [0.15, 0.2) is 59.3 Å². The van der Waals surface area contributed by atoms with Gasteiger partial charge in [-0.25, -0.2) is 0 Å². The topological polar surface area (TPSA) is 75.4 Å². The number of rotatable bonds is 7. The summed E-state index contributed by atoms with van der Waals surface area (Å²) in [4.78, 5) is 25.8. The second-order valence-electron chi connectivity index (χ2n) is 7.62. The monoisotopic (exact) mass is 405 g/mol. The molecule has 1 fully saturated rings. The lowest BCUT2D eigenvalue weighted by Gasteiger charge is -2.31. The number of benzene rings is 1. The van der Waals surface area contributed by atoms with E-state index >= 15 is 0 Å². The number of pyridine rings is 1. The molecular weight excluding hydrogens is 378 g/mol. The van der Waals surface area contributed by atoms with Gasteiger partial charge in [-0.3, -0.25) is 14.7 Å². The molecule has 30 heavy (non-hydrogen) atoms. The van der Waals surface area contributed by atoms with Gasteiger partial charge in [0.05, 0.1) is 6.54 Å². The first-order chi connectivity index (χ1) is 14.7. The van der Waals surface area contributed by atoms with Crippen LogP contribution in [-0.2, 0) is 11.3 Å². The fourth-order valence-electron chi connectivity index (χ4n) is 3.81. The van der Waals surface area contributed by atoms with E-state index in [2.05, 4.69) is 32.2 Å². The number of hydrogen-bond donors (Lipinski definition) is 0. The molecule has 0 unspecified atom stereocenters. The normalized spacial score (nSPS) is 15.2. The van der Waals surface area contributed by atoms with Crippen molar-refractivity contribution in [1.29, 1.82) is 0 Å². The quantitative estimate of drug-likeness (QED) is 0.600. The van der Waals surface area contributed by atoms with Crippen molar-refractivity contribution in [3.8, 4) is 11.5 Å². The average Bonchev–Trinajstić information content (AvgIpc) is 3.29. The van der Waals surface area contributed by atoms with Gasteiger partial charge in [-0.2, -0.15) is 4.98 Å². The standard InChI is InChI=1S/C23H27N5O2/c1-2-28(16-18-8-4-3-5-9-18)21(29)17-27-14-11-19(12-15-27)23-25-22(26-30-23)20-10-6-7-13-24-20/h3-10,13,19H,2,11-12,14-17H2,1H3. The van der Waals surface area contributed by atoms with Crippen molar-refractivity contribution in [2.24, 2.45) is 0 Å². The first kappa shape index (κ1) is 20.2. The predicted octanol–water partition coefficient (Wildman–Crippen LogP) is 3.36. The average molecular weight is 406 g/mol. The van der Waals surface area contributed by atoms with Crippen LogP contribution in [0.5, 0.6) is 0 Å². The molecule has 1 aromatic carbocycles.